The summed E-state index contributed by atoms with van der Waals surface area (Å²) in [4.78, 5) is 8.19. The Hall–Kier alpha value is -2.05. The van der Waals surface area contributed by atoms with Crippen molar-refractivity contribution in [2.24, 2.45) is 4.99 Å². The predicted molar refractivity (Wildman–Crippen MR) is 108 cm³/mol. The molecular formula is C20H27N3O2S. The van der Waals surface area contributed by atoms with Crippen molar-refractivity contribution in [3.63, 3.8) is 0 Å². The SMILES string of the molecule is CC(C)(C)c1ccc(O)c(NC(=NCc2cccs2)N2CCOCC2)c1. The van der Waals surface area contributed by atoms with Crippen molar-refractivity contribution in [2.45, 2.75) is 32.7 Å². The van der Waals surface area contributed by atoms with Crippen LogP contribution >= 0.6 is 11.3 Å². The highest BCUT2D eigenvalue weighted by Crippen LogP contribution is 2.31. The van der Waals surface area contributed by atoms with Gasteiger partial charge in [-0.3, -0.25) is 0 Å². The minimum atomic E-state index is 0.0113. The molecule has 0 unspecified atom stereocenters. The molecule has 5 nitrogen and oxygen atoms in total. The van der Waals surface area contributed by atoms with E-state index in [0.29, 0.717) is 25.4 Å². The van der Waals surface area contributed by atoms with Gasteiger partial charge in [0.25, 0.3) is 0 Å². The Kier molecular flexibility index (Phi) is 5.84. The summed E-state index contributed by atoms with van der Waals surface area (Å²) in [5.74, 6) is 1.01. The summed E-state index contributed by atoms with van der Waals surface area (Å²) < 4.78 is 5.47. The molecule has 2 aromatic rings. The van der Waals surface area contributed by atoms with Crippen LogP contribution < -0.4 is 5.32 Å². The molecule has 0 aliphatic carbocycles. The van der Waals surface area contributed by atoms with E-state index in [4.69, 9.17) is 9.73 Å². The third-order valence-electron chi connectivity index (χ3n) is 4.38. The molecule has 0 atom stereocenters. The summed E-state index contributed by atoms with van der Waals surface area (Å²) in [5, 5.41) is 15.8. The predicted octanol–water partition coefficient (Wildman–Crippen LogP) is 4.05. The Labute approximate surface area is 159 Å². The monoisotopic (exact) mass is 373 g/mol. The number of nitrogens with zero attached hydrogens (tertiary/aromatic N) is 2. The van der Waals surface area contributed by atoms with E-state index in [2.05, 4.69) is 42.4 Å². The van der Waals surface area contributed by atoms with Crippen LogP contribution in [0.4, 0.5) is 5.69 Å². The molecule has 1 fully saturated rings. The summed E-state index contributed by atoms with van der Waals surface area (Å²) in [6.07, 6.45) is 0. The average Bonchev–Trinajstić information content (AvgIpc) is 3.13. The number of hydrogen-bond donors (Lipinski definition) is 2. The lowest BCUT2D eigenvalue weighted by Crippen LogP contribution is -2.44. The fourth-order valence-electron chi connectivity index (χ4n) is 2.77. The number of aromatic hydroxyl groups is 1. The van der Waals surface area contributed by atoms with Gasteiger partial charge in [0, 0.05) is 18.0 Å². The Balaban J connectivity index is 1.86. The minimum Gasteiger partial charge on any atom is -0.506 e. The summed E-state index contributed by atoms with van der Waals surface area (Å²) in [7, 11) is 0. The van der Waals surface area contributed by atoms with Crippen molar-refractivity contribution in [3.05, 3.63) is 46.2 Å². The van der Waals surface area contributed by atoms with Crippen molar-refractivity contribution in [2.75, 3.05) is 31.6 Å². The molecule has 2 N–H and O–H groups in total. The van der Waals surface area contributed by atoms with Crippen LogP contribution in [0.2, 0.25) is 0 Å². The summed E-state index contributed by atoms with van der Waals surface area (Å²) >= 11 is 1.70. The van der Waals surface area contributed by atoms with Gasteiger partial charge in [-0.25, -0.2) is 4.99 Å². The van der Waals surface area contributed by atoms with Gasteiger partial charge in [0.1, 0.15) is 5.75 Å². The zero-order valence-corrected chi connectivity index (χ0v) is 16.5. The molecule has 1 aromatic heterocycles. The highest BCUT2D eigenvalue weighted by atomic mass is 32.1. The number of benzene rings is 1. The van der Waals surface area contributed by atoms with Crippen LogP contribution in [0.15, 0.2) is 40.7 Å². The van der Waals surface area contributed by atoms with Gasteiger partial charge >= 0.3 is 0 Å². The molecule has 6 heteroatoms. The second kappa shape index (κ2) is 8.10. The van der Waals surface area contributed by atoms with Gasteiger partial charge in [-0.1, -0.05) is 32.9 Å². The van der Waals surface area contributed by atoms with Gasteiger partial charge < -0.3 is 20.1 Å². The topological polar surface area (TPSA) is 57.1 Å². The number of rotatable bonds is 3. The number of hydrogen-bond acceptors (Lipinski definition) is 4. The quantitative estimate of drug-likeness (QED) is 0.484. The van der Waals surface area contributed by atoms with Crippen LogP contribution in [0.1, 0.15) is 31.2 Å². The first-order valence-corrected chi connectivity index (χ1v) is 9.81. The molecule has 0 saturated carbocycles. The van der Waals surface area contributed by atoms with Gasteiger partial charge in [0.2, 0.25) is 0 Å². The van der Waals surface area contributed by atoms with E-state index >= 15 is 0 Å². The number of nitrogens with one attached hydrogen (secondary N) is 1. The molecule has 1 aliphatic heterocycles. The molecule has 0 amide bonds. The van der Waals surface area contributed by atoms with Gasteiger partial charge in [0.05, 0.1) is 25.4 Å². The molecule has 140 valence electrons. The smallest absolute Gasteiger partial charge is 0.199 e. The van der Waals surface area contributed by atoms with Crippen LogP contribution in [0.25, 0.3) is 0 Å². The molecule has 26 heavy (non-hydrogen) atoms. The molecule has 1 aliphatic rings. The van der Waals surface area contributed by atoms with E-state index in [1.54, 1.807) is 17.4 Å². The van der Waals surface area contributed by atoms with Gasteiger partial charge in [0.15, 0.2) is 5.96 Å². The van der Waals surface area contributed by atoms with Gasteiger partial charge in [-0.15, -0.1) is 11.3 Å². The maximum absolute atomic E-state index is 10.3. The molecule has 1 saturated heterocycles. The summed E-state index contributed by atoms with van der Waals surface area (Å²) in [6, 6.07) is 9.85. The van der Waals surface area contributed by atoms with Gasteiger partial charge in [-0.2, -0.15) is 0 Å². The lowest BCUT2D eigenvalue weighted by Gasteiger charge is -2.30. The third-order valence-corrected chi connectivity index (χ3v) is 5.25. The Morgan fingerprint density at radius 2 is 2.04 bits per heavy atom. The third kappa shape index (κ3) is 4.77. The second-order valence-corrected chi connectivity index (χ2v) is 8.46. The van der Waals surface area contributed by atoms with Crippen LogP contribution in [0.5, 0.6) is 5.75 Å². The minimum absolute atomic E-state index is 0.0113. The zero-order chi connectivity index (χ0) is 18.6. The highest BCUT2D eigenvalue weighted by molar-refractivity contribution is 7.09. The number of guanidine groups is 1. The molecule has 1 aromatic carbocycles. The van der Waals surface area contributed by atoms with Crippen molar-refractivity contribution in [1.29, 1.82) is 0 Å². The van der Waals surface area contributed by atoms with E-state index in [1.165, 1.54) is 4.88 Å². The second-order valence-electron chi connectivity index (χ2n) is 7.43. The van der Waals surface area contributed by atoms with Crippen molar-refractivity contribution >= 4 is 23.0 Å². The highest BCUT2D eigenvalue weighted by Gasteiger charge is 2.19. The van der Waals surface area contributed by atoms with E-state index < -0.39 is 0 Å². The molecule has 3 rings (SSSR count). The number of aliphatic imine (C=N–C) groups is 1. The van der Waals surface area contributed by atoms with E-state index in [0.717, 1.165) is 24.6 Å². The number of phenolic OH excluding ortho intramolecular Hbond substituents is 1. The Bertz CT molecular complexity index is 745. The number of phenols is 1. The fourth-order valence-corrected chi connectivity index (χ4v) is 3.40. The number of thiophene rings is 1. The molecule has 0 bridgehead atoms. The first-order valence-electron chi connectivity index (χ1n) is 8.93. The van der Waals surface area contributed by atoms with E-state index in [-0.39, 0.29) is 11.2 Å². The van der Waals surface area contributed by atoms with Crippen LogP contribution in [-0.4, -0.2) is 42.3 Å². The molecular weight excluding hydrogens is 346 g/mol. The zero-order valence-electron chi connectivity index (χ0n) is 15.7. The van der Waals surface area contributed by atoms with E-state index in [9.17, 15) is 5.11 Å². The van der Waals surface area contributed by atoms with Crippen molar-refractivity contribution in [3.8, 4) is 5.75 Å². The fraction of sp³-hybridized carbons (Fsp3) is 0.450. The Morgan fingerprint density at radius 1 is 1.27 bits per heavy atom. The van der Waals surface area contributed by atoms with Crippen LogP contribution in [0, 0.1) is 0 Å². The van der Waals surface area contributed by atoms with Crippen molar-refractivity contribution < 1.29 is 9.84 Å². The molecule has 2 heterocycles. The lowest BCUT2D eigenvalue weighted by atomic mass is 9.87. The normalized spacial score (nSPS) is 16.0. The number of anilines is 1. The van der Waals surface area contributed by atoms with Gasteiger partial charge in [-0.05, 0) is 34.6 Å². The first kappa shape index (κ1) is 18.7. The van der Waals surface area contributed by atoms with E-state index in [1.807, 2.05) is 18.2 Å². The first-order chi connectivity index (χ1) is 12.4. The largest absolute Gasteiger partial charge is 0.506 e. The maximum atomic E-state index is 10.3. The Morgan fingerprint density at radius 3 is 2.69 bits per heavy atom. The van der Waals surface area contributed by atoms with Crippen LogP contribution in [-0.2, 0) is 16.7 Å². The standard InChI is InChI=1S/C20H27N3O2S/c1-20(2,3)15-6-7-18(24)17(13-15)22-19(23-8-10-25-11-9-23)21-14-16-5-4-12-26-16/h4-7,12-13,24H,8-11,14H2,1-3H3,(H,21,22). The maximum Gasteiger partial charge on any atom is 0.199 e. The molecule has 0 radical (unpaired) electrons. The number of morpholine rings is 1. The average molecular weight is 374 g/mol. The van der Waals surface area contributed by atoms with Crippen molar-refractivity contribution in [1.82, 2.24) is 4.90 Å². The summed E-state index contributed by atoms with van der Waals surface area (Å²) in [5.41, 5.74) is 1.86. The number of ether oxygens (including phenoxy) is 1. The lowest BCUT2D eigenvalue weighted by molar-refractivity contribution is 0.0679. The molecule has 0 spiro atoms. The van der Waals surface area contributed by atoms with Crippen LogP contribution in [0.3, 0.4) is 0 Å². The summed E-state index contributed by atoms with van der Waals surface area (Å²) in [6.45, 7) is 10.1.